The number of nitrogens with one attached hydrogen (secondary N) is 1. The molecule has 3 amide bonds. The van der Waals surface area contributed by atoms with Gasteiger partial charge in [-0.2, -0.15) is 0 Å². The number of rotatable bonds is 9. The minimum absolute atomic E-state index is 0.0309. The fourth-order valence-corrected chi connectivity index (χ4v) is 6.55. The lowest BCUT2D eigenvalue weighted by molar-refractivity contribution is -0.129. The minimum Gasteiger partial charge on any atom is -0.496 e. The van der Waals surface area contributed by atoms with E-state index in [-0.39, 0.29) is 29.7 Å². The highest BCUT2D eigenvalue weighted by molar-refractivity contribution is 8.01. The van der Waals surface area contributed by atoms with Crippen molar-refractivity contribution in [1.29, 1.82) is 0 Å². The summed E-state index contributed by atoms with van der Waals surface area (Å²) < 4.78 is 6.53. The number of thiazole rings is 1. The zero-order valence-corrected chi connectivity index (χ0v) is 24.9. The molecule has 0 spiro atoms. The first-order chi connectivity index (χ1) is 18.6. The van der Waals surface area contributed by atoms with Crippen molar-refractivity contribution < 1.29 is 19.1 Å². The van der Waals surface area contributed by atoms with Crippen molar-refractivity contribution in [1.82, 2.24) is 19.7 Å². The molecule has 1 atom stereocenters. The van der Waals surface area contributed by atoms with Crippen LogP contribution in [0.4, 0.5) is 5.13 Å². The average Bonchev–Trinajstić information content (AvgIpc) is 3.68. The number of amides is 3. The number of methoxy groups -OCH3 is 1. The van der Waals surface area contributed by atoms with Gasteiger partial charge in [0.05, 0.1) is 23.1 Å². The van der Waals surface area contributed by atoms with E-state index in [1.54, 1.807) is 13.3 Å². The van der Waals surface area contributed by atoms with Crippen LogP contribution in [0.5, 0.6) is 5.75 Å². The largest absolute Gasteiger partial charge is 0.496 e. The molecule has 2 fully saturated rings. The number of hydrogen-bond acceptors (Lipinski definition) is 8. The highest BCUT2D eigenvalue weighted by Crippen LogP contribution is 2.39. The summed E-state index contributed by atoms with van der Waals surface area (Å²) in [4.78, 5) is 49.8. The van der Waals surface area contributed by atoms with Crippen LogP contribution in [0.15, 0.2) is 39.6 Å². The molecule has 0 radical (unpaired) electrons. The van der Waals surface area contributed by atoms with E-state index in [4.69, 9.17) is 4.74 Å². The van der Waals surface area contributed by atoms with Gasteiger partial charge in [0.2, 0.25) is 5.91 Å². The number of ether oxygens (including phenoxy) is 1. The SMILES string of the molecule is C=C(CN(C)C)C(=O)N1CCCN(C(=O)c2cc(Sc3cnc(NC(=O)C4CC4)s3)c(C)cc2OC)C[C@H]1C. The molecular weight excluding hydrogens is 534 g/mol. The Hall–Kier alpha value is -2.89. The summed E-state index contributed by atoms with van der Waals surface area (Å²) in [5.74, 6) is 0.486. The molecule has 11 heteroatoms. The molecule has 39 heavy (non-hydrogen) atoms. The fourth-order valence-electron chi connectivity index (χ4n) is 4.60. The van der Waals surface area contributed by atoms with Crippen LogP contribution in [-0.4, -0.2) is 90.8 Å². The van der Waals surface area contributed by atoms with E-state index in [9.17, 15) is 14.4 Å². The lowest BCUT2D eigenvalue weighted by atomic mass is 10.1. The van der Waals surface area contributed by atoms with E-state index in [1.807, 2.05) is 54.8 Å². The number of likely N-dealkylation sites (N-methyl/N-ethyl adjacent to an activating group) is 1. The zero-order chi connectivity index (χ0) is 28.3. The van der Waals surface area contributed by atoms with Crippen molar-refractivity contribution in [3.8, 4) is 5.75 Å². The number of carbonyl (C=O) groups is 3. The molecule has 4 rings (SSSR count). The van der Waals surface area contributed by atoms with Crippen molar-refractivity contribution >= 4 is 46.0 Å². The second-order valence-electron chi connectivity index (χ2n) is 10.5. The van der Waals surface area contributed by atoms with Gasteiger partial charge in [-0.05, 0) is 64.9 Å². The topological polar surface area (TPSA) is 95.1 Å². The Kier molecular flexibility index (Phi) is 9.35. The van der Waals surface area contributed by atoms with Crippen LogP contribution in [0.1, 0.15) is 42.1 Å². The monoisotopic (exact) mass is 571 g/mol. The van der Waals surface area contributed by atoms with Crippen molar-refractivity contribution in [2.75, 3.05) is 52.7 Å². The van der Waals surface area contributed by atoms with Gasteiger partial charge in [0.15, 0.2) is 5.13 Å². The predicted molar refractivity (Wildman–Crippen MR) is 155 cm³/mol. The molecule has 2 heterocycles. The molecular formula is C28H37N5O4S2. The van der Waals surface area contributed by atoms with Crippen molar-refractivity contribution in [3.63, 3.8) is 0 Å². The Morgan fingerprint density at radius 2 is 2.00 bits per heavy atom. The molecule has 0 unspecified atom stereocenters. The summed E-state index contributed by atoms with van der Waals surface area (Å²) in [7, 11) is 5.39. The Morgan fingerprint density at radius 3 is 2.67 bits per heavy atom. The second-order valence-corrected chi connectivity index (χ2v) is 12.8. The Morgan fingerprint density at radius 1 is 1.26 bits per heavy atom. The first kappa shape index (κ1) is 29.1. The van der Waals surface area contributed by atoms with E-state index in [0.717, 1.165) is 27.5 Å². The maximum absolute atomic E-state index is 13.8. The van der Waals surface area contributed by atoms with E-state index in [1.165, 1.54) is 23.1 Å². The maximum Gasteiger partial charge on any atom is 0.257 e. The molecule has 0 bridgehead atoms. The quantitative estimate of drug-likeness (QED) is 0.452. The van der Waals surface area contributed by atoms with Gasteiger partial charge in [0, 0.05) is 48.6 Å². The molecule has 1 N–H and O–H groups in total. The summed E-state index contributed by atoms with van der Waals surface area (Å²) in [5.41, 5.74) is 2.01. The minimum atomic E-state index is -0.144. The van der Waals surface area contributed by atoms with Crippen LogP contribution in [-0.2, 0) is 9.59 Å². The molecule has 1 aliphatic heterocycles. The van der Waals surface area contributed by atoms with Crippen molar-refractivity contribution in [3.05, 3.63) is 41.6 Å². The molecule has 1 aromatic carbocycles. The lowest BCUT2D eigenvalue weighted by Crippen LogP contribution is -2.45. The third-order valence-electron chi connectivity index (χ3n) is 6.80. The van der Waals surface area contributed by atoms with Crippen LogP contribution in [0, 0.1) is 12.8 Å². The number of benzene rings is 1. The normalized spacial score (nSPS) is 17.6. The fraction of sp³-hybridized carbons (Fsp3) is 0.500. The summed E-state index contributed by atoms with van der Waals surface area (Å²) >= 11 is 2.93. The van der Waals surface area contributed by atoms with Gasteiger partial charge in [-0.3, -0.25) is 14.4 Å². The predicted octanol–water partition coefficient (Wildman–Crippen LogP) is 4.14. The van der Waals surface area contributed by atoms with Gasteiger partial charge in [0.25, 0.3) is 11.8 Å². The van der Waals surface area contributed by atoms with E-state index >= 15 is 0 Å². The summed E-state index contributed by atoms with van der Waals surface area (Å²) in [6.45, 7) is 9.99. The average molecular weight is 572 g/mol. The van der Waals surface area contributed by atoms with Crippen LogP contribution in [0.3, 0.4) is 0 Å². The van der Waals surface area contributed by atoms with E-state index in [2.05, 4.69) is 16.9 Å². The van der Waals surface area contributed by atoms with Gasteiger partial charge in [0.1, 0.15) is 5.75 Å². The van der Waals surface area contributed by atoms with Crippen LogP contribution in [0.25, 0.3) is 0 Å². The molecule has 9 nitrogen and oxygen atoms in total. The van der Waals surface area contributed by atoms with Crippen LogP contribution < -0.4 is 10.1 Å². The molecule has 1 aliphatic carbocycles. The smallest absolute Gasteiger partial charge is 0.257 e. The second kappa shape index (κ2) is 12.5. The van der Waals surface area contributed by atoms with Gasteiger partial charge in [-0.1, -0.05) is 29.7 Å². The highest BCUT2D eigenvalue weighted by Gasteiger charge is 2.31. The van der Waals surface area contributed by atoms with Crippen molar-refractivity contribution in [2.24, 2.45) is 5.92 Å². The molecule has 1 saturated carbocycles. The van der Waals surface area contributed by atoms with Crippen LogP contribution >= 0.6 is 23.1 Å². The van der Waals surface area contributed by atoms with Gasteiger partial charge < -0.3 is 24.8 Å². The number of carbonyl (C=O) groups excluding carboxylic acids is 3. The van der Waals surface area contributed by atoms with Crippen molar-refractivity contribution in [2.45, 2.75) is 48.3 Å². The van der Waals surface area contributed by atoms with Crippen LogP contribution in [0.2, 0.25) is 0 Å². The third-order valence-corrected chi connectivity index (χ3v) is 8.98. The maximum atomic E-state index is 13.8. The molecule has 2 aliphatic rings. The molecule has 2 aromatic rings. The van der Waals surface area contributed by atoms with E-state index in [0.29, 0.717) is 54.6 Å². The summed E-state index contributed by atoms with van der Waals surface area (Å²) in [6.07, 6.45) is 4.31. The number of aryl methyl sites for hydroxylation is 1. The molecule has 1 saturated heterocycles. The zero-order valence-electron chi connectivity index (χ0n) is 23.3. The first-order valence-corrected chi connectivity index (χ1v) is 14.8. The summed E-state index contributed by atoms with van der Waals surface area (Å²) in [6, 6.07) is 3.62. The highest BCUT2D eigenvalue weighted by atomic mass is 32.2. The molecule has 210 valence electrons. The number of aromatic nitrogens is 1. The number of nitrogens with zero attached hydrogens (tertiary/aromatic N) is 4. The number of anilines is 1. The van der Waals surface area contributed by atoms with E-state index < -0.39 is 0 Å². The Balaban J connectivity index is 1.49. The first-order valence-electron chi connectivity index (χ1n) is 13.1. The standard InChI is InChI=1S/C28H37N5O4S2/c1-17-12-22(37-6)21(13-23(17)38-24-14-29-28(39-24)30-25(34)20-8-9-20)27(36)32-10-7-11-33(19(3)16-32)26(35)18(2)15-31(4)5/h12-14,19-20H,2,7-11,15-16H2,1,3-6H3,(H,29,30,34)/t19-/m1/s1. The van der Waals surface area contributed by atoms with Gasteiger partial charge in [-0.15, -0.1) is 0 Å². The van der Waals surface area contributed by atoms with Gasteiger partial charge in [-0.25, -0.2) is 4.98 Å². The van der Waals surface area contributed by atoms with Gasteiger partial charge >= 0.3 is 0 Å². The Bertz CT molecular complexity index is 1260. The number of hydrogen-bond donors (Lipinski definition) is 1. The lowest BCUT2D eigenvalue weighted by Gasteiger charge is -2.30. The summed E-state index contributed by atoms with van der Waals surface area (Å²) in [5, 5.41) is 3.48. The third kappa shape index (κ3) is 7.20. The molecule has 1 aromatic heterocycles. The Labute approximate surface area is 238 Å².